The molecule has 0 aliphatic rings. The van der Waals surface area contributed by atoms with Gasteiger partial charge in [0.25, 0.3) is 0 Å². The fourth-order valence-electron chi connectivity index (χ4n) is 2.51. The second-order valence-electron chi connectivity index (χ2n) is 5.42. The molecular weight excluding hydrogens is 268 g/mol. The molecular formula is C17H21ClN2. The Balaban J connectivity index is 2.55. The van der Waals surface area contributed by atoms with E-state index >= 15 is 0 Å². The molecule has 0 saturated carbocycles. The monoisotopic (exact) mass is 288 g/mol. The summed E-state index contributed by atoms with van der Waals surface area (Å²) in [6.45, 7) is 8.37. The third-order valence-corrected chi connectivity index (χ3v) is 4.15. The number of hydrogen-bond acceptors (Lipinski definition) is 2. The van der Waals surface area contributed by atoms with Crippen molar-refractivity contribution in [3.63, 3.8) is 0 Å². The molecule has 0 heterocycles. The zero-order valence-electron chi connectivity index (χ0n) is 12.4. The van der Waals surface area contributed by atoms with Crippen molar-refractivity contribution >= 4 is 11.6 Å². The predicted molar refractivity (Wildman–Crippen MR) is 86.0 cm³/mol. The van der Waals surface area contributed by atoms with Gasteiger partial charge in [-0.25, -0.2) is 5.43 Å². The Kier molecular flexibility index (Phi) is 4.48. The summed E-state index contributed by atoms with van der Waals surface area (Å²) < 4.78 is 0. The minimum absolute atomic E-state index is 0.0950. The summed E-state index contributed by atoms with van der Waals surface area (Å²) in [5, 5.41) is 0.741. The summed E-state index contributed by atoms with van der Waals surface area (Å²) >= 11 is 6.38. The van der Waals surface area contributed by atoms with E-state index in [2.05, 4.69) is 44.4 Å². The van der Waals surface area contributed by atoms with Crippen LogP contribution in [-0.4, -0.2) is 0 Å². The van der Waals surface area contributed by atoms with Crippen LogP contribution in [0.2, 0.25) is 5.02 Å². The van der Waals surface area contributed by atoms with Crippen LogP contribution >= 0.6 is 11.6 Å². The van der Waals surface area contributed by atoms with E-state index in [-0.39, 0.29) is 6.04 Å². The highest BCUT2D eigenvalue weighted by molar-refractivity contribution is 6.31. The van der Waals surface area contributed by atoms with Crippen LogP contribution in [-0.2, 0) is 0 Å². The summed E-state index contributed by atoms with van der Waals surface area (Å²) in [6, 6.07) is 10.3. The number of rotatable bonds is 3. The molecule has 0 bridgehead atoms. The van der Waals surface area contributed by atoms with E-state index in [0.717, 1.165) is 16.1 Å². The number of aryl methyl sites for hydroxylation is 4. The van der Waals surface area contributed by atoms with Gasteiger partial charge in [0.05, 0.1) is 6.04 Å². The molecule has 2 aromatic carbocycles. The first kappa shape index (κ1) is 15.0. The average Bonchev–Trinajstić information content (AvgIpc) is 2.38. The molecule has 0 saturated heterocycles. The summed E-state index contributed by atoms with van der Waals surface area (Å²) in [5.74, 6) is 5.79. The molecule has 0 amide bonds. The van der Waals surface area contributed by atoms with Gasteiger partial charge >= 0.3 is 0 Å². The van der Waals surface area contributed by atoms with Crippen molar-refractivity contribution in [1.29, 1.82) is 0 Å². The van der Waals surface area contributed by atoms with Crippen molar-refractivity contribution in [2.75, 3.05) is 0 Å². The van der Waals surface area contributed by atoms with Crippen molar-refractivity contribution < 1.29 is 0 Å². The zero-order chi connectivity index (χ0) is 14.9. The molecule has 0 radical (unpaired) electrons. The first-order valence-electron chi connectivity index (χ1n) is 6.74. The zero-order valence-corrected chi connectivity index (χ0v) is 13.2. The Hall–Kier alpha value is -1.35. The molecule has 0 fully saturated rings. The lowest BCUT2D eigenvalue weighted by atomic mass is 9.91. The van der Waals surface area contributed by atoms with Crippen LogP contribution in [0.25, 0.3) is 0 Å². The fraction of sp³-hybridized carbons (Fsp3) is 0.294. The van der Waals surface area contributed by atoms with E-state index in [1.54, 1.807) is 0 Å². The summed E-state index contributed by atoms with van der Waals surface area (Å²) in [4.78, 5) is 0. The number of benzene rings is 2. The highest BCUT2D eigenvalue weighted by Gasteiger charge is 2.18. The van der Waals surface area contributed by atoms with Crippen molar-refractivity contribution in [3.05, 3.63) is 68.7 Å². The van der Waals surface area contributed by atoms with E-state index in [1.807, 2.05) is 19.1 Å². The highest BCUT2D eigenvalue weighted by Crippen LogP contribution is 2.31. The largest absolute Gasteiger partial charge is 0.271 e. The average molecular weight is 289 g/mol. The first-order valence-corrected chi connectivity index (χ1v) is 7.11. The van der Waals surface area contributed by atoms with E-state index in [0.29, 0.717) is 0 Å². The SMILES string of the molecule is Cc1ccc(C(NN)c2cc(C)c(C)cc2C)c(Cl)c1. The van der Waals surface area contributed by atoms with Crippen molar-refractivity contribution in [3.8, 4) is 0 Å². The molecule has 2 rings (SSSR count). The Morgan fingerprint density at radius 1 is 0.900 bits per heavy atom. The van der Waals surface area contributed by atoms with Gasteiger partial charge in [0, 0.05) is 5.02 Å². The van der Waals surface area contributed by atoms with Crippen LogP contribution in [0.3, 0.4) is 0 Å². The number of nitrogens with two attached hydrogens (primary N) is 1. The van der Waals surface area contributed by atoms with Crippen LogP contribution < -0.4 is 11.3 Å². The molecule has 2 aromatic rings. The van der Waals surface area contributed by atoms with Gasteiger partial charge in [-0.3, -0.25) is 5.84 Å². The van der Waals surface area contributed by atoms with E-state index in [4.69, 9.17) is 17.4 Å². The third-order valence-electron chi connectivity index (χ3n) is 3.83. The molecule has 1 atom stereocenters. The molecule has 3 heteroatoms. The summed E-state index contributed by atoms with van der Waals surface area (Å²) in [5.41, 5.74) is 9.98. The summed E-state index contributed by atoms with van der Waals surface area (Å²) in [7, 11) is 0. The molecule has 20 heavy (non-hydrogen) atoms. The van der Waals surface area contributed by atoms with Gasteiger partial charge < -0.3 is 0 Å². The number of halogens is 1. The minimum atomic E-state index is -0.0950. The van der Waals surface area contributed by atoms with Gasteiger partial charge in [-0.2, -0.15) is 0 Å². The molecule has 3 N–H and O–H groups in total. The van der Waals surface area contributed by atoms with Gasteiger partial charge in [0.2, 0.25) is 0 Å². The second kappa shape index (κ2) is 5.96. The second-order valence-corrected chi connectivity index (χ2v) is 5.82. The van der Waals surface area contributed by atoms with Crippen molar-refractivity contribution in [1.82, 2.24) is 5.43 Å². The Bertz CT molecular complexity index is 635. The van der Waals surface area contributed by atoms with Crippen LogP contribution in [0.5, 0.6) is 0 Å². The van der Waals surface area contributed by atoms with Crippen LogP contribution in [0, 0.1) is 27.7 Å². The first-order chi connectivity index (χ1) is 9.43. The van der Waals surface area contributed by atoms with Crippen molar-refractivity contribution in [2.24, 2.45) is 5.84 Å². The fourth-order valence-corrected chi connectivity index (χ4v) is 2.85. The highest BCUT2D eigenvalue weighted by atomic mass is 35.5. The molecule has 1 unspecified atom stereocenters. The number of hydrogen-bond donors (Lipinski definition) is 2. The molecule has 106 valence electrons. The molecule has 0 aliphatic carbocycles. The molecule has 0 spiro atoms. The maximum atomic E-state index is 6.38. The van der Waals surface area contributed by atoms with Crippen LogP contribution in [0.1, 0.15) is 39.4 Å². The molecule has 0 aliphatic heterocycles. The molecule has 2 nitrogen and oxygen atoms in total. The third kappa shape index (κ3) is 2.88. The van der Waals surface area contributed by atoms with Crippen molar-refractivity contribution in [2.45, 2.75) is 33.7 Å². The number of nitrogens with one attached hydrogen (secondary N) is 1. The maximum Gasteiger partial charge on any atom is 0.0727 e. The Morgan fingerprint density at radius 2 is 1.55 bits per heavy atom. The Morgan fingerprint density at radius 3 is 2.15 bits per heavy atom. The maximum absolute atomic E-state index is 6.38. The minimum Gasteiger partial charge on any atom is -0.271 e. The topological polar surface area (TPSA) is 38.0 Å². The van der Waals surface area contributed by atoms with Gasteiger partial charge in [0.1, 0.15) is 0 Å². The van der Waals surface area contributed by atoms with E-state index < -0.39 is 0 Å². The Labute approximate surface area is 125 Å². The lowest BCUT2D eigenvalue weighted by Crippen LogP contribution is -2.29. The van der Waals surface area contributed by atoms with Gasteiger partial charge in [-0.1, -0.05) is 35.9 Å². The predicted octanol–water partition coefficient (Wildman–Crippen LogP) is 4.13. The van der Waals surface area contributed by atoms with Crippen LogP contribution in [0.15, 0.2) is 30.3 Å². The summed E-state index contributed by atoms with van der Waals surface area (Å²) in [6.07, 6.45) is 0. The van der Waals surface area contributed by atoms with Gasteiger partial charge in [-0.05, 0) is 67.1 Å². The standard InChI is InChI=1S/C17H21ClN2/c1-10-5-6-14(16(18)7-10)17(20-19)15-9-12(3)11(2)8-13(15)4/h5-9,17,20H,19H2,1-4H3. The number of hydrazine groups is 1. The van der Waals surface area contributed by atoms with E-state index in [1.165, 1.54) is 22.3 Å². The van der Waals surface area contributed by atoms with Gasteiger partial charge in [0.15, 0.2) is 0 Å². The van der Waals surface area contributed by atoms with E-state index in [9.17, 15) is 0 Å². The molecule has 0 aromatic heterocycles. The smallest absolute Gasteiger partial charge is 0.0727 e. The normalized spacial score (nSPS) is 12.5. The van der Waals surface area contributed by atoms with Crippen LogP contribution in [0.4, 0.5) is 0 Å². The van der Waals surface area contributed by atoms with Gasteiger partial charge in [-0.15, -0.1) is 0 Å². The lowest BCUT2D eigenvalue weighted by molar-refractivity contribution is 0.633. The lowest BCUT2D eigenvalue weighted by Gasteiger charge is -2.22. The quantitative estimate of drug-likeness (QED) is 0.658.